The zero-order chi connectivity index (χ0) is 20.1. The second-order valence-corrected chi connectivity index (χ2v) is 9.13. The maximum atomic E-state index is 13.3. The lowest BCUT2D eigenvalue weighted by Gasteiger charge is -2.06. The van der Waals surface area contributed by atoms with Gasteiger partial charge in [0.25, 0.3) is 0 Å². The van der Waals surface area contributed by atoms with Gasteiger partial charge in [-0.05, 0) is 24.1 Å². The maximum Gasteiger partial charge on any atom is 0.232 e. The van der Waals surface area contributed by atoms with Gasteiger partial charge in [-0.3, -0.25) is 9.59 Å². The van der Waals surface area contributed by atoms with E-state index in [4.69, 9.17) is 5.73 Å². The Morgan fingerprint density at radius 2 is 2.21 bits per heavy atom. The van der Waals surface area contributed by atoms with Crippen LogP contribution in [0.25, 0.3) is 10.4 Å². The van der Waals surface area contributed by atoms with E-state index >= 15 is 0 Å². The third-order valence-electron chi connectivity index (χ3n) is 3.66. The number of thioether (sulfide) groups is 1. The summed E-state index contributed by atoms with van der Waals surface area (Å²) in [5, 5.41) is 4.63. The first kappa shape index (κ1) is 20.4. The average molecular weight is 437 g/mol. The molecule has 1 atom stereocenters. The number of benzene rings is 1. The molecule has 10 heteroatoms. The number of aromatic nitrogens is 2. The Labute approximate surface area is 173 Å². The van der Waals surface area contributed by atoms with E-state index in [9.17, 15) is 14.0 Å². The van der Waals surface area contributed by atoms with E-state index in [2.05, 4.69) is 15.3 Å². The summed E-state index contributed by atoms with van der Waals surface area (Å²) < 4.78 is 14.0. The van der Waals surface area contributed by atoms with Crippen LogP contribution in [0.3, 0.4) is 0 Å². The van der Waals surface area contributed by atoms with Crippen LogP contribution in [0.4, 0.5) is 9.52 Å². The van der Waals surface area contributed by atoms with Crippen LogP contribution in [0.15, 0.2) is 40.2 Å². The van der Waals surface area contributed by atoms with Crippen molar-refractivity contribution in [3.63, 3.8) is 0 Å². The summed E-state index contributed by atoms with van der Waals surface area (Å²) in [5.41, 5.74) is 6.67. The number of nitrogens with one attached hydrogen (secondary N) is 1. The lowest BCUT2D eigenvalue weighted by Crippen LogP contribution is -2.24. The fraction of sp³-hybridized carbons (Fsp3) is 0.222. The molecular weight excluding hydrogens is 419 g/mol. The molecule has 2 amide bonds. The molecule has 3 aromatic rings. The summed E-state index contributed by atoms with van der Waals surface area (Å²) in [6, 6.07) is 6.21. The molecule has 1 aromatic carbocycles. The molecule has 0 radical (unpaired) electrons. The number of anilines is 1. The number of halogens is 1. The number of amides is 2. The summed E-state index contributed by atoms with van der Waals surface area (Å²) in [4.78, 5) is 32.9. The second-order valence-electron chi connectivity index (χ2n) is 5.79. The van der Waals surface area contributed by atoms with Crippen molar-refractivity contribution < 1.29 is 14.0 Å². The minimum Gasteiger partial charge on any atom is -0.369 e. The Bertz CT molecular complexity index is 989. The number of nitrogens with two attached hydrogens (primary N) is 1. The molecule has 3 N–H and O–H groups in total. The van der Waals surface area contributed by atoms with Crippen LogP contribution in [0.1, 0.15) is 19.0 Å². The molecule has 3 rings (SSSR count). The number of hydrogen-bond donors (Lipinski definition) is 2. The topological polar surface area (TPSA) is 98.0 Å². The fourth-order valence-corrected chi connectivity index (χ4v) is 5.11. The van der Waals surface area contributed by atoms with Gasteiger partial charge in [-0.25, -0.2) is 14.4 Å². The molecule has 0 fully saturated rings. The Kier molecular flexibility index (Phi) is 6.76. The largest absolute Gasteiger partial charge is 0.369 e. The summed E-state index contributed by atoms with van der Waals surface area (Å²) in [7, 11) is 0. The highest BCUT2D eigenvalue weighted by atomic mass is 32.2. The number of carbonyl (C=O) groups excluding carboxylic acids is 2. The van der Waals surface area contributed by atoms with Gasteiger partial charge in [-0.2, -0.15) is 0 Å². The van der Waals surface area contributed by atoms with Crippen molar-refractivity contribution in [1.82, 2.24) is 9.97 Å². The molecule has 0 aliphatic heterocycles. The zero-order valence-corrected chi connectivity index (χ0v) is 17.3. The Morgan fingerprint density at radius 3 is 2.93 bits per heavy atom. The van der Waals surface area contributed by atoms with Crippen LogP contribution in [0.2, 0.25) is 0 Å². The van der Waals surface area contributed by atoms with Gasteiger partial charge in [0.05, 0.1) is 22.2 Å². The summed E-state index contributed by atoms with van der Waals surface area (Å²) in [5.74, 6) is -0.945. The first-order chi connectivity index (χ1) is 13.4. The quantitative estimate of drug-likeness (QED) is 0.521. The van der Waals surface area contributed by atoms with Gasteiger partial charge in [0.2, 0.25) is 11.8 Å². The van der Waals surface area contributed by atoms with E-state index in [0.717, 1.165) is 4.88 Å². The van der Waals surface area contributed by atoms with Crippen molar-refractivity contribution in [3.8, 4) is 10.4 Å². The number of hydrogen-bond acceptors (Lipinski definition) is 7. The third-order valence-corrected chi connectivity index (χ3v) is 7.03. The van der Waals surface area contributed by atoms with E-state index in [0.29, 0.717) is 27.1 Å². The molecule has 2 aromatic heterocycles. The zero-order valence-electron chi connectivity index (χ0n) is 14.8. The third kappa shape index (κ3) is 5.37. The number of thiazole rings is 2. The molecule has 28 heavy (non-hydrogen) atoms. The number of nitrogens with zero attached hydrogens (tertiary/aromatic N) is 2. The van der Waals surface area contributed by atoms with E-state index in [1.165, 1.54) is 46.6 Å². The molecule has 146 valence electrons. The Balaban J connectivity index is 1.58. The fourth-order valence-electron chi connectivity index (χ4n) is 2.32. The van der Waals surface area contributed by atoms with Crippen molar-refractivity contribution in [1.29, 1.82) is 0 Å². The molecule has 0 saturated carbocycles. The van der Waals surface area contributed by atoms with Gasteiger partial charge >= 0.3 is 0 Å². The monoisotopic (exact) mass is 436 g/mol. The number of primary amides is 1. The molecule has 0 spiro atoms. The molecule has 0 bridgehead atoms. The van der Waals surface area contributed by atoms with E-state index in [1.54, 1.807) is 23.7 Å². The lowest BCUT2D eigenvalue weighted by atomic mass is 10.2. The highest BCUT2D eigenvalue weighted by Crippen LogP contribution is 2.30. The SMILES string of the molecule is CCC(Sc1nc(CC(=O)Nc2ncc(-c3cccc(F)c3)s2)cs1)C(N)=O. The van der Waals surface area contributed by atoms with Gasteiger partial charge in [0.15, 0.2) is 9.47 Å². The van der Waals surface area contributed by atoms with Crippen LogP contribution < -0.4 is 11.1 Å². The van der Waals surface area contributed by atoms with Crippen molar-refractivity contribution in [2.45, 2.75) is 29.4 Å². The molecule has 0 aliphatic rings. The first-order valence-corrected chi connectivity index (χ1v) is 10.9. The molecule has 1 unspecified atom stereocenters. The van der Waals surface area contributed by atoms with E-state index in [1.807, 2.05) is 6.92 Å². The lowest BCUT2D eigenvalue weighted by molar-refractivity contribution is -0.117. The molecule has 6 nitrogen and oxygen atoms in total. The molecule has 0 saturated heterocycles. The minimum absolute atomic E-state index is 0.0965. The van der Waals surface area contributed by atoms with Crippen molar-refractivity contribution in [2.24, 2.45) is 5.73 Å². The molecular formula is C18H17FN4O2S3. The second kappa shape index (κ2) is 9.26. The van der Waals surface area contributed by atoms with Crippen LogP contribution in [-0.2, 0) is 16.0 Å². The standard InChI is InChI=1S/C18H17FN4O2S3/c1-2-13(16(20)25)28-18-22-12(9-26-18)7-15(24)23-17-21-8-14(27-17)10-4-3-5-11(19)6-10/h3-6,8-9,13H,2,7H2,1H3,(H2,20,25)(H,21,23,24). The van der Waals surface area contributed by atoms with Crippen LogP contribution in [-0.4, -0.2) is 27.0 Å². The van der Waals surface area contributed by atoms with Crippen molar-refractivity contribution in [3.05, 3.63) is 47.4 Å². The Morgan fingerprint density at radius 1 is 1.39 bits per heavy atom. The maximum absolute atomic E-state index is 13.3. The van der Waals surface area contributed by atoms with Gasteiger partial charge in [0, 0.05) is 11.6 Å². The van der Waals surface area contributed by atoms with Crippen LogP contribution in [0.5, 0.6) is 0 Å². The van der Waals surface area contributed by atoms with Crippen molar-refractivity contribution in [2.75, 3.05) is 5.32 Å². The van der Waals surface area contributed by atoms with E-state index < -0.39 is 0 Å². The highest BCUT2D eigenvalue weighted by Gasteiger charge is 2.17. The normalized spacial score (nSPS) is 11.9. The number of rotatable bonds is 8. The smallest absolute Gasteiger partial charge is 0.232 e. The van der Waals surface area contributed by atoms with Crippen molar-refractivity contribution >= 4 is 51.4 Å². The number of carbonyl (C=O) groups is 2. The summed E-state index contributed by atoms with van der Waals surface area (Å²) in [6.07, 6.45) is 2.31. The van der Waals surface area contributed by atoms with E-state index in [-0.39, 0.29) is 29.3 Å². The Hall–Kier alpha value is -2.30. The predicted octanol–water partition coefficient (Wildman–Crippen LogP) is 3.94. The average Bonchev–Trinajstić information content (AvgIpc) is 3.29. The summed E-state index contributed by atoms with van der Waals surface area (Å²) in [6.45, 7) is 1.89. The van der Waals surface area contributed by atoms with Gasteiger partial charge < -0.3 is 11.1 Å². The predicted molar refractivity (Wildman–Crippen MR) is 111 cm³/mol. The van der Waals surface area contributed by atoms with Crippen LogP contribution in [0, 0.1) is 5.82 Å². The molecule has 2 heterocycles. The van der Waals surface area contributed by atoms with Gasteiger partial charge in [-0.15, -0.1) is 11.3 Å². The summed E-state index contributed by atoms with van der Waals surface area (Å²) >= 11 is 3.96. The molecule has 0 aliphatic carbocycles. The first-order valence-electron chi connectivity index (χ1n) is 8.36. The minimum atomic E-state index is -0.375. The van der Waals surface area contributed by atoms with Gasteiger partial charge in [0.1, 0.15) is 5.82 Å². The highest BCUT2D eigenvalue weighted by molar-refractivity contribution is 8.02. The van der Waals surface area contributed by atoms with Gasteiger partial charge in [-0.1, -0.05) is 42.2 Å². The van der Waals surface area contributed by atoms with Crippen LogP contribution >= 0.6 is 34.4 Å².